The highest BCUT2D eigenvalue weighted by Gasteiger charge is 2.37. The third kappa shape index (κ3) is 2.20. The SMILES string of the molecule is Cn1cc(S(=O)(=O)N2CCCC2C(N)=S)cn1. The van der Waals surface area contributed by atoms with Crippen molar-refractivity contribution < 1.29 is 8.42 Å². The first-order valence-electron chi connectivity index (χ1n) is 5.23. The molecule has 1 aliphatic heterocycles. The topological polar surface area (TPSA) is 81.2 Å². The van der Waals surface area contributed by atoms with Gasteiger partial charge >= 0.3 is 0 Å². The van der Waals surface area contributed by atoms with Crippen molar-refractivity contribution in [2.45, 2.75) is 23.8 Å². The Bertz CT molecular complexity index is 537. The van der Waals surface area contributed by atoms with Crippen molar-refractivity contribution in [1.82, 2.24) is 14.1 Å². The minimum absolute atomic E-state index is 0.183. The summed E-state index contributed by atoms with van der Waals surface area (Å²) in [7, 11) is -1.85. The molecule has 1 saturated heterocycles. The van der Waals surface area contributed by atoms with E-state index in [0.29, 0.717) is 13.0 Å². The van der Waals surface area contributed by atoms with Crippen LogP contribution in [0.15, 0.2) is 17.3 Å². The Morgan fingerprint density at radius 2 is 2.35 bits per heavy atom. The first-order valence-corrected chi connectivity index (χ1v) is 7.07. The predicted octanol–water partition coefficient (Wildman–Crippen LogP) is -0.141. The molecule has 0 amide bonds. The molecule has 1 fully saturated rings. The summed E-state index contributed by atoms with van der Waals surface area (Å²) in [5.41, 5.74) is 5.57. The van der Waals surface area contributed by atoms with E-state index in [1.807, 2.05) is 0 Å². The molecule has 2 rings (SSSR count). The maximum atomic E-state index is 12.3. The Kier molecular flexibility index (Phi) is 3.19. The molecule has 0 radical (unpaired) electrons. The Hall–Kier alpha value is -0.990. The van der Waals surface area contributed by atoms with Crippen LogP contribution in [0.25, 0.3) is 0 Å². The van der Waals surface area contributed by atoms with Crippen molar-refractivity contribution in [3.05, 3.63) is 12.4 Å². The minimum atomic E-state index is -3.53. The monoisotopic (exact) mass is 274 g/mol. The van der Waals surface area contributed by atoms with E-state index >= 15 is 0 Å². The second kappa shape index (κ2) is 4.35. The molecule has 1 aromatic heterocycles. The van der Waals surface area contributed by atoms with Gasteiger partial charge in [0.05, 0.1) is 17.2 Å². The van der Waals surface area contributed by atoms with Crippen LogP contribution < -0.4 is 5.73 Å². The van der Waals surface area contributed by atoms with Gasteiger partial charge in [0.2, 0.25) is 10.0 Å². The molecule has 8 heteroatoms. The van der Waals surface area contributed by atoms with Gasteiger partial charge in [0.15, 0.2) is 0 Å². The van der Waals surface area contributed by atoms with E-state index in [4.69, 9.17) is 18.0 Å². The molecule has 0 aliphatic carbocycles. The molecule has 2 N–H and O–H groups in total. The lowest BCUT2D eigenvalue weighted by atomic mass is 10.2. The van der Waals surface area contributed by atoms with Gasteiger partial charge in [-0.2, -0.15) is 9.40 Å². The van der Waals surface area contributed by atoms with Gasteiger partial charge < -0.3 is 5.73 Å². The lowest BCUT2D eigenvalue weighted by molar-refractivity contribution is 0.446. The minimum Gasteiger partial charge on any atom is -0.392 e. The quantitative estimate of drug-likeness (QED) is 0.776. The highest BCUT2D eigenvalue weighted by molar-refractivity contribution is 7.89. The molecule has 0 saturated carbocycles. The third-order valence-corrected chi connectivity index (χ3v) is 4.95. The van der Waals surface area contributed by atoms with Gasteiger partial charge in [-0.05, 0) is 12.8 Å². The van der Waals surface area contributed by atoms with Crippen molar-refractivity contribution in [1.29, 1.82) is 0 Å². The summed E-state index contributed by atoms with van der Waals surface area (Å²) >= 11 is 4.91. The summed E-state index contributed by atoms with van der Waals surface area (Å²) in [5, 5.41) is 3.87. The van der Waals surface area contributed by atoms with Gasteiger partial charge in [-0.25, -0.2) is 8.42 Å². The molecule has 17 heavy (non-hydrogen) atoms. The maximum Gasteiger partial charge on any atom is 0.246 e. The smallest absolute Gasteiger partial charge is 0.246 e. The number of aryl methyl sites for hydroxylation is 1. The van der Waals surface area contributed by atoms with Gasteiger partial charge in [0, 0.05) is 19.8 Å². The summed E-state index contributed by atoms with van der Waals surface area (Å²) in [6.07, 6.45) is 4.28. The third-order valence-electron chi connectivity index (χ3n) is 2.82. The second-order valence-corrected chi connectivity index (χ2v) is 6.39. The Morgan fingerprint density at radius 3 is 2.88 bits per heavy atom. The zero-order valence-corrected chi connectivity index (χ0v) is 11.0. The second-order valence-electron chi connectivity index (χ2n) is 4.03. The zero-order valence-electron chi connectivity index (χ0n) is 9.41. The molecular weight excluding hydrogens is 260 g/mol. The van der Waals surface area contributed by atoms with E-state index in [1.54, 1.807) is 7.05 Å². The Balaban J connectivity index is 2.36. The van der Waals surface area contributed by atoms with E-state index in [1.165, 1.54) is 21.4 Å². The fraction of sp³-hybridized carbons (Fsp3) is 0.556. The van der Waals surface area contributed by atoms with Gasteiger partial charge in [-0.3, -0.25) is 4.68 Å². The van der Waals surface area contributed by atoms with Gasteiger partial charge in [0.25, 0.3) is 0 Å². The molecule has 1 aliphatic rings. The van der Waals surface area contributed by atoms with Crippen LogP contribution in [0, 0.1) is 0 Å². The molecule has 0 aromatic carbocycles. The number of hydrogen-bond donors (Lipinski definition) is 1. The van der Waals surface area contributed by atoms with Crippen molar-refractivity contribution in [2.75, 3.05) is 6.54 Å². The van der Waals surface area contributed by atoms with E-state index < -0.39 is 10.0 Å². The molecule has 0 spiro atoms. The van der Waals surface area contributed by atoms with Gasteiger partial charge in [0.1, 0.15) is 4.90 Å². The van der Waals surface area contributed by atoms with Crippen LogP contribution in [0.4, 0.5) is 0 Å². The van der Waals surface area contributed by atoms with Crippen molar-refractivity contribution in [2.24, 2.45) is 12.8 Å². The van der Waals surface area contributed by atoms with Crippen molar-refractivity contribution in [3.63, 3.8) is 0 Å². The number of sulfonamides is 1. The van der Waals surface area contributed by atoms with Crippen molar-refractivity contribution in [3.8, 4) is 0 Å². The standard InChI is InChI=1S/C9H14N4O2S2/c1-12-6-7(5-11-12)17(14,15)13-4-2-3-8(13)9(10)16/h5-6,8H,2-4H2,1H3,(H2,10,16). The largest absolute Gasteiger partial charge is 0.392 e. The van der Waals surface area contributed by atoms with Crippen LogP contribution in [0.1, 0.15) is 12.8 Å². The Labute approximate surface area is 105 Å². The molecule has 2 heterocycles. The molecular formula is C9H14N4O2S2. The van der Waals surface area contributed by atoms with E-state index in [9.17, 15) is 8.42 Å². The van der Waals surface area contributed by atoms with E-state index in [0.717, 1.165) is 6.42 Å². The summed E-state index contributed by atoms with van der Waals surface area (Å²) in [6, 6.07) is -0.366. The lowest BCUT2D eigenvalue weighted by Gasteiger charge is -2.22. The highest BCUT2D eigenvalue weighted by atomic mass is 32.2. The number of nitrogens with zero attached hydrogens (tertiary/aromatic N) is 3. The van der Waals surface area contributed by atoms with E-state index in [2.05, 4.69) is 5.10 Å². The van der Waals surface area contributed by atoms with Crippen LogP contribution >= 0.6 is 12.2 Å². The lowest BCUT2D eigenvalue weighted by Crippen LogP contribution is -2.42. The summed E-state index contributed by atoms with van der Waals surface area (Å²) in [4.78, 5) is 0.415. The molecule has 94 valence electrons. The van der Waals surface area contributed by atoms with Crippen LogP contribution in [-0.2, 0) is 17.1 Å². The first kappa shape index (κ1) is 12.5. The number of thiocarbonyl (C=S) groups is 1. The van der Waals surface area contributed by atoms with Crippen LogP contribution in [-0.4, -0.2) is 40.1 Å². The number of aromatic nitrogens is 2. The van der Waals surface area contributed by atoms with E-state index in [-0.39, 0.29) is 15.9 Å². The average molecular weight is 274 g/mol. The van der Waals surface area contributed by atoms with Crippen LogP contribution in [0.3, 0.4) is 0 Å². The highest BCUT2D eigenvalue weighted by Crippen LogP contribution is 2.25. The van der Waals surface area contributed by atoms with Crippen LogP contribution in [0.5, 0.6) is 0 Å². The summed E-state index contributed by atoms with van der Waals surface area (Å²) in [5.74, 6) is 0. The number of hydrogen-bond acceptors (Lipinski definition) is 4. The normalized spacial score (nSPS) is 21.8. The summed E-state index contributed by atoms with van der Waals surface area (Å²) in [6.45, 7) is 0.458. The number of rotatable bonds is 3. The zero-order chi connectivity index (χ0) is 12.6. The fourth-order valence-corrected chi connectivity index (χ4v) is 3.95. The Morgan fingerprint density at radius 1 is 1.65 bits per heavy atom. The molecule has 1 aromatic rings. The first-order chi connectivity index (χ1) is 7.93. The maximum absolute atomic E-state index is 12.3. The average Bonchev–Trinajstić information content (AvgIpc) is 2.84. The number of nitrogens with two attached hydrogens (primary N) is 1. The molecule has 6 nitrogen and oxygen atoms in total. The van der Waals surface area contributed by atoms with Crippen molar-refractivity contribution >= 4 is 27.2 Å². The van der Waals surface area contributed by atoms with Crippen LogP contribution in [0.2, 0.25) is 0 Å². The fourth-order valence-electron chi connectivity index (χ4n) is 1.98. The molecule has 0 bridgehead atoms. The summed E-state index contributed by atoms with van der Waals surface area (Å²) < 4.78 is 27.5. The predicted molar refractivity (Wildman–Crippen MR) is 66.9 cm³/mol. The molecule has 1 atom stereocenters. The van der Waals surface area contributed by atoms with Gasteiger partial charge in [-0.15, -0.1) is 0 Å². The molecule has 1 unspecified atom stereocenters. The van der Waals surface area contributed by atoms with Gasteiger partial charge in [-0.1, -0.05) is 12.2 Å².